The summed E-state index contributed by atoms with van der Waals surface area (Å²) in [5.41, 5.74) is 3.13. The van der Waals surface area contributed by atoms with Gasteiger partial charge in [-0.25, -0.2) is 4.98 Å². The number of aromatic nitrogens is 3. The highest BCUT2D eigenvalue weighted by Crippen LogP contribution is 2.33. The molecule has 0 saturated carbocycles. The molecule has 0 spiro atoms. The van der Waals surface area contributed by atoms with E-state index in [2.05, 4.69) is 15.0 Å². The third kappa shape index (κ3) is 3.37. The Morgan fingerprint density at radius 1 is 1.10 bits per heavy atom. The molecule has 5 rings (SSSR count). The summed E-state index contributed by atoms with van der Waals surface area (Å²) in [7, 11) is 0. The third-order valence-electron chi connectivity index (χ3n) is 4.68. The Morgan fingerprint density at radius 3 is 2.83 bits per heavy atom. The number of nitrogens with zero attached hydrogens (tertiary/aromatic N) is 3. The van der Waals surface area contributed by atoms with Crippen molar-refractivity contribution in [3.05, 3.63) is 89.3 Å². The third-order valence-corrected chi connectivity index (χ3v) is 5.96. The van der Waals surface area contributed by atoms with E-state index in [1.165, 1.54) is 11.3 Å². The number of hydrogen-bond donors (Lipinski definition) is 1. The molecule has 7 heteroatoms. The van der Waals surface area contributed by atoms with Crippen molar-refractivity contribution in [1.82, 2.24) is 15.0 Å². The van der Waals surface area contributed by atoms with Gasteiger partial charge in [0.1, 0.15) is 0 Å². The molecule has 0 radical (unpaired) electrons. The van der Waals surface area contributed by atoms with E-state index >= 15 is 0 Å². The Kier molecular flexibility index (Phi) is 4.50. The fourth-order valence-electron chi connectivity index (χ4n) is 3.28. The Labute approximate surface area is 175 Å². The van der Waals surface area contributed by atoms with Crippen molar-refractivity contribution in [2.45, 2.75) is 6.54 Å². The van der Waals surface area contributed by atoms with Crippen LogP contribution in [-0.2, 0) is 6.54 Å². The van der Waals surface area contributed by atoms with Crippen molar-refractivity contribution in [1.29, 1.82) is 0 Å². The van der Waals surface area contributed by atoms with E-state index in [0.29, 0.717) is 22.3 Å². The summed E-state index contributed by atoms with van der Waals surface area (Å²) in [6.07, 6.45) is 3.48. The molecular weight excluding hydrogens is 404 g/mol. The fourth-order valence-corrected chi connectivity index (χ4v) is 4.51. The van der Waals surface area contributed by atoms with Crippen molar-refractivity contribution in [3.8, 4) is 0 Å². The van der Waals surface area contributed by atoms with E-state index in [0.717, 1.165) is 26.8 Å². The molecule has 29 heavy (non-hydrogen) atoms. The fraction of sp³-hybridized carbons (Fsp3) is 0.0455. The molecule has 3 aromatic heterocycles. The quantitative estimate of drug-likeness (QED) is 0.408. The summed E-state index contributed by atoms with van der Waals surface area (Å²) >= 11 is 7.57. The number of pyridine rings is 1. The van der Waals surface area contributed by atoms with Gasteiger partial charge in [-0.3, -0.25) is 14.7 Å². The molecular formula is C22H15ClN4OS. The van der Waals surface area contributed by atoms with Crippen LogP contribution >= 0.6 is 22.9 Å². The topological polar surface area (TPSA) is 61.9 Å². The normalized spacial score (nSPS) is 11.2. The molecule has 1 amide bonds. The number of hydrogen-bond acceptors (Lipinski definition) is 4. The first kappa shape index (κ1) is 17.8. The van der Waals surface area contributed by atoms with Gasteiger partial charge in [0.05, 0.1) is 28.0 Å². The van der Waals surface area contributed by atoms with Crippen molar-refractivity contribution in [2.24, 2.45) is 0 Å². The van der Waals surface area contributed by atoms with Gasteiger partial charge in [-0.05, 0) is 36.4 Å². The average Bonchev–Trinajstić information content (AvgIpc) is 3.36. The zero-order valence-corrected chi connectivity index (χ0v) is 16.7. The second-order valence-electron chi connectivity index (χ2n) is 6.57. The van der Waals surface area contributed by atoms with Crippen LogP contribution in [0.25, 0.3) is 21.1 Å². The number of para-hydroxylation sites is 1. The molecule has 0 aliphatic heterocycles. The van der Waals surface area contributed by atoms with E-state index in [9.17, 15) is 4.79 Å². The predicted molar refractivity (Wildman–Crippen MR) is 118 cm³/mol. The van der Waals surface area contributed by atoms with Crippen LogP contribution in [-0.4, -0.2) is 20.9 Å². The maximum absolute atomic E-state index is 13.6. The highest BCUT2D eigenvalue weighted by Gasteiger charge is 2.24. The number of carbonyl (C=O) groups is 1. The predicted octanol–water partition coefficient (Wildman–Crippen LogP) is 5.67. The summed E-state index contributed by atoms with van der Waals surface area (Å²) in [5.74, 6) is -0.127. The molecule has 0 fully saturated rings. The van der Waals surface area contributed by atoms with Crippen molar-refractivity contribution < 1.29 is 4.79 Å². The van der Waals surface area contributed by atoms with Gasteiger partial charge in [0.2, 0.25) is 0 Å². The highest BCUT2D eigenvalue weighted by atomic mass is 35.5. The van der Waals surface area contributed by atoms with E-state index in [1.807, 2.05) is 54.6 Å². The number of halogens is 1. The first-order valence-electron chi connectivity index (χ1n) is 9.03. The molecule has 142 valence electrons. The number of anilines is 1. The Bertz CT molecular complexity index is 1330. The minimum atomic E-state index is -0.127. The summed E-state index contributed by atoms with van der Waals surface area (Å²) in [6, 6.07) is 19.0. The molecule has 5 nitrogen and oxygen atoms in total. The van der Waals surface area contributed by atoms with Crippen LogP contribution in [0, 0.1) is 0 Å². The van der Waals surface area contributed by atoms with Crippen molar-refractivity contribution in [2.75, 3.05) is 4.90 Å². The number of H-pyrrole nitrogens is 1. The monoisotopic (exact) mass is 418 g/mol. The lowest BCUT2D eigenvalue weighted by molar-refractivity contribution is 0.0986. The van der Waals surface area contributed by atoms with Gasteiger partial charge >= 0.3 is 0 Å². The van der Waals surface area contributed by atoms with Crippen LogP contribution in [0.3, 0.4) is 0 Å². The first-order chi connectivity index (χ1) is 14.2. The maximum Gasteiger partial charge on any atom is 0.262 e. The van der Waals surface area contributed by atoms with Crippen LogP contribution in [0.2, 0.25) is 5.02 Å². The van der Waals surface area contributed by atoms with Crippen molar-refractivity contribution in [3.63, 3.8) is 0 Å². The van der Waals surface area contributed by atoms with Gasteiger partial charge < -0.3 is 4.98 Å². The Morgan fingerprint density at radius 2 is 1.97 bits per heavy atom. The van der Waals surface area contributed by atoms with Gasteiger partial charge in [0.25, 0.3) is 5.91 Å². The first-order valence-corrected chi connectivity index (χ1v) is 10.2. The molecule has 0 unspecified atom stereocenters. The number of nitrogens with one attached hydrogen (secondary N) is 1. The molecule has 0 atom stereocenters. The number of benzene rings is 2. The summed E-state index contributed by atoms with van der Waals surface area (Å²) < 4.78 is 0.935. The van der Waals surface area contributed by atoms with E-state index in [4.69, 9.17) is 11.6 Å². The van der Waals surface area contributed by atoms with Crippen LogP contribution in [0.15, 0.2) is 73.1 Å². The lowest BCUT2D eigenvalue weighted by atomic mass is 10.1. The lowest BCUT2D eigenvalue weighted by Gasteiger charge is -2.19. The number of fused-ring (bicyclic) bond motifs is 2. The van der Waals surface area contributed by atoms with Gasteiger partial charge in [-0.2, -0.15) is 0 Å². The molecule has 0 saturated heterocycles. The molecule has 2 aromatic carbocycles. The molecule has 5 aromatic rings. The summed E-state index contributed by atoms with van der Waals surface area (Å²) in [4.78, 5) is 27.5. The SMILES string of the molecule is O=C(c1c[nH]c2ccccc12)N(Cc1ccccn1)c1nc2ccc(Cl)cc2s1. The van der Waals surface area contributed by atoms with Crippen LogP contribution in [0.1, 0.15) is 16.1 Å². The molecule has 0 aliphatic carbocycles. The Hall–Kier alpha value is -3.22. The number of amides is 1. The minimum absolute atomic E-state index is 0.127. The zero-order valence-electron chi connectivity index (χ0n) is 15.2. The van der Waals surface area contributed by atoms with Gasteiger partial charge in [-0.15, -0.1) is 0 Å². The lowest BCUT2D eigenvalue weighted by Crippen LogP contribution is -2.30. The molecule has 3 heterocycles. The van der Waals surface area contributed by atoms with Gasteiger partial charge in [0.15, 0.2) is 5.13 Å². The van der Waals surface area contributed by atoms with Gasteiger partial charge in [0, 0.05) is 28.3 Å². The van der Waals surface area contributed by atoms with Crippen LogP contribution < -0.4 is 4.90 Å². The zero-order chi connectivity index (χ0) is 19.8. The van der Waals surface area contributed by atoms with E-state index in [-0.39, 0.29) is 5.91 Å². The number of aromatic amines is 1. The molecule has 0 bridgehead atoms. The van der Waals surface area contributed by atoms with Gasteiger partial charge in [-0.1, -0.05) is 47.2 Å². The average molecular weight is 419 g/mol. The standard InChI is InChI=1S/C22H15ClN4OS/c23-14-8-9-19-20(11-14)29-22(26-19)27(13-15-5-3-4-10-24-15)21(28)17-12-25-18-7-2-1-6-16(17)18/h1-12,25H,13H2. The van der Waals surface area contributed by atoms with Crippen LogP contribution in [0.5, 0.6) is 0 Å². The second-order valence-corrected chi connectivity index (χ2v) is 8.01. The van der Waals surface area contributed by atoms with Crippen molar-refractivity contribution >= 4 is 55.1 Å². The van der Waals surface area contributed by atoms with E-state index in [1.54, 1.807) is 23.4 Å². The number of thiazole rings is 1. The summed E-state index contributed by atoms with van der Waals surface area (Å²) in [5, 5.41) is 2.14. The molecule has 0 aliphatic rings. The number of carbonyl (C=O) groups excluding carboxylic acids is 1. The largest absolute Gasteiger partial charge is 0.360 e. The maximum atomic E-state index is 13.6. The number of rotatable bonds is 4. The second kappa shape index (κ2) is 7.31. The minimum Gasteiger partial charge on any atom is -0.360 e. The molecule has 1 N–H and O–H groups in total. The highest BCUT2D eigenvalue weighted by molar-refractivity contribution is 7.22. The Balaban J connectivity index is 1.61. The summed E-state index contributed by atoms with van der Waals surface area (Å²) in [6.45, 7) is 0.326. The smallest absolute Gasteiger partial charge is 0.262 e. The van der Waals surface area contributed by atoms with Crippen LogP contribution in [0.4, 0.5) is 5.13 Å². The van der Waals surface area contributed by atoms with E-state index < -0.39 is 0 Å².